The van der Waals surface area contributed by atoms with E-state index in [2.05, 4.69) is 10.6 Å². The van der Waals surface area contributed by atoms with Gasteiger partial charge in [-0.05, 0) is 25.1 Å². The molecule has 0 heterocycles. The minimum atomic E-state index is -1.30. The van der Waals surface area contributed by atoms with Crippen molar-refractivity contribution in [3.63, 3.8) is 0 Å². The molecule has 2 aromatic carbocycles. The summed E-state index contributed by atoms with van der Waals surface area (Å²) in [5.41, 5.74) is 0.550. The number of halogens is 2. The molecule has 2 aromatic rings. The predicted octanol–water partition coefficient (Wildman–Crippen LogP) is 3.74. The van der Waals surface area contributed by atoms with Crippen LogP contribution < -0.4 is 10.6 Å². The van der Waals surface area contributed by atoms with E-state index in [0.717, 1.165) is 0 Å². The molecular weight excluding hydrogens is 379 g/mol. The molecule has 0 aliphatic carbocycles. The second-order valence-electron chi connectivity index (χ2n) is 5.17. The molecule has 0 saturated carbocycles. The van der Waals surface area contributed by atoms with Crippen LogP contribution in [-0.4, -0.2) is 24.5 Å². The highest BCUT2D eigenvalue weighted by molar-refractivity contribution is 6.42. The van der Waals surface area contributed by atoms with Crippen molar-refractivity contribution in [2.75, 3.05) is 6.54 Å². The second-order valence-corrected chi connectivity index (χ2v) is 5.99. The molecule has 0 radical (unpaired) electrons. The summed E-state index contributed by atoms with van der Waals surface area (Å²) in [6, 6.07) is 11.9. The van der Waals surface area contributed by atoms with E-state index in [-0.39, 0.29) is 15.6 Å². The zero-order valence-electron chi connectivity index (χ0n) is 13.8. The molecule has 0 spiro atoms. The number of urea groups is 1. The fraction of sp³-hybridized carbons (Fsp3) is 0.167. The van der Waals surface area contributed by atoms with E-state index in [1.165, 1.54) is 18.2 Å². The third-order valence-corrected chi connectivity index (χ3v) is 4.03. The fourth-order valence-electron chi connectivity index (χ4n) is 2.08. The number of rotatable bonds is 5. The maximum atomic E-state index is 12.4. The lowest BCUT2D eigenvalue weighted by Gasteiger charge is -2.18. The van der Waals surface area contributed by atoms with Crippen molar-refractivity contribution < 1.29 is 19.1 Å². The number of imide groups is 1. The van der Waals surface area contributed by atoms with Crippen LogP contribution >= 0.6 is 23.2 Å². The summed E-state index contributed by atoms with van der Waals surface area (Å²) >= 11 is 11.7. The quantitative estimate of drug-likeness (QED) is 0.756. The van der Waals surface area contributed by atoms with E-state index in [0.29, 0.717) is 12.1 Å². The minimum Gasteiger partial charge on any atom is -0.444 e. The molecule has 2 N–H and O–H groups in total. The number of carbonyl (C=O) groups is 3. The first-order valence-electron chi connectivity index (χ1n) is 7.72. The van der Waals surface area contributed by atoms with E-state index in [9.17, 15) is 14.4 Å². The molecule has 0 aliphatic rings. The van der Waals surface area contributed by atoms with Crippen LogP contribution in [0.3, 0.4) is 0 Å². The molecule has 0 fully saturated rings. The molecule has 0 saturated heterocycles. The Balaban J connectivity index is 2.23. The number of carbonyl (C=O) groups excluding carboxylic acids is 3. The highest BCUT2D eigenvalue weighted by Gasteiger charge is 2.27. The molecule has 0 aromatic heterocycles. The van der Waals surface area contributed by atoms with E-state index in [1.54, 1.807) is 37.3 Å². The molecule has 0 bridgehead atoms. The summed E-state index contributed by atoms with van der Waals surface area (Å²) in [7, 11) is 0. The summed E-state index contributed by atoms with van der Waals surface area (Å²) in [4.78, 5) is 36.4. The van der Waals surface area contributed by atoms with E-state index < -0.39 is 24.0 Å². The first kappa shape index (κ1) is 19.8. The first-order valence-corrected chi connectivity index (χ1v) is 8.47. The zero-order chi connectivity index (χ0) is 19.1. The number of ether oxygens (including phenoxy) is 1. The summed E-state index contributed by atoms with van der Waals surface area (Å²) in [6.07, 6.45) is -1.30. The van der Waals surface area contributed by atoms with Crippen LogP contribution in [0.1, 0.15) is 28.9 Å². The van der Waals surface area contributed by atoms with Crippen molar-refractivity contribution in [1.29, 1.82) is 0 Å². The SMILES string of the molecule is CCNC(=O)NC(=O)[C@H](OC(=O)c1ccc(Cl)c(Cl)c1)c1ccccc1. The Hall–Kier alpha value is -2.57. The van der Waals surface area contributed by atoms with Crippen LogP contribution in [0.15, 0.2) is 48.5 Å². The molecular formula is C18H16Cl2N2O4. The van der Waals surface area contributed by atoms with Gasteiger partial charge in [0.15, 0.2) is 0 Å². The molecule has 0 unspecified atom stereocenters. The van der Waals surface area contributed by atoms with Gasteiger partial charge in [-0.25, -0.2) is 9.59 Å². The van der Waals surface area contributed by atoms with Gasteiger partial charge < -0.3 is 10.1 Å². The van der Waals surface area contributed by atoms with Crippen molar-refractivity contribution in [2.24, 2.45) is 0 Å². The lowest BCUT2D eigenvalue weighted by atomic mass is 10.1. The monoisotopic (exact) mass is 394 g/mol. The maximum Gasteiger partial charge on any atom is 0.339 e. The van der Waals surface area contributed by atoms with Crippen molar-refractivity contribution in [2.45, 2.75) is 13.0 Å². The van der Waals surface area contributed by atoms with Crippen molar-refractivity contribution in [3.8, 4) is 0 Å². The number of esters is 1. The molecule has 8 heteroatoms. The zero-order valence-corrected chi connectivity index (χ0v) is 15.3. The fourth-order valence-corrected chi connectivity index (χ4v) is 2.38. The number of nitrogens with one attached hydrogen (secondary N) is 2. The van der Waals surface area contributed by atoms with Crippen LogP contribution in [0.25, 0.3) is 0 Å². The Morgan fingerprint density at radius 3 is 2.35 bits per heavy atom. The molecule has 26 heavy (non-hydrogen) atoms. The smallest absolute Gasteiger partial charge is 0.339 e. The van der Waals surface area contributed by atoms with Crippen LogP contribution in [0, 0.1) is 0 Å². The highest BCUT2D eigenvalue weighted by Crippen LogP contribution is 2.25. The first-order chi connectivity index (χ1) is 12.4. The lowest BCUT2D eigenvalue weighted by molar-refractivity contribution is -0.129. The predicted molar refractivity (Wildman–Crippen MR) is 98.3 cm³/mol. The molecule has 3 amide bonds. The molecule has 2 rings (SSSR count). The number of hydrogen-bond donors (Lipinski definition) is 2. The van der Waals surface area contributed by atoms with Crippen LogP contribution in [0.2, 0.25) is 10.0 Å². The topological polar surface area (TPSA) is 84.5 Å². The molecule has 136 valence electrons. The van der Waals surface area contributed by atoms with Crippen LogP contribution in [0.4, 0.5) is 4.79 Å². The summed E-state index contributed by atoms with van der Waals surface area (Å²) in [6.45, 7) is 2.06. The van der Waals surface area contributed by atoms with Crippen molar-refractivity contribution >= 4 is 41.1 Å². The van der Waals surface area contributed by atoms with E-state index >= 15 is 0 Å². The number of amides is 3. The van der Waals surface area contributed by atoms with Crippen LogP contribution in [-0.2, 0) is 9.53 Å². The van der Waals surface area contributed by atoms with Gasteiger partial charge in [0.25, 0.3) is 5.91 Å². The molecule has 6 nitrogen and oxygen atoms in total. The standard InChI is InChI=1S/C18H16Cl2N2O4/c1-2-21-18(25)22-16(23)15(11-6-4-3-5-7-11)26-17(24)12-8-9-13(19)14(20)10-12/h3-10,15H,2H2,1H3,(H2,21,22,23,25)/t15-/m1/s1. The van der Waals surface area contributed by atoms with Gasteiger partial charge in [0.05, 0.1) is 15.6 Å². The van der Waals surface area contributed by atoms with Crippen molar-refractivity contribution in [3.05, 3.63) is 69.7 Å². The Labute approximate surface area is 160 Å². The lowest BCUT2D eigenvalue weighted by Crippen LogP contribution is -2.42. The number of benzene rings is 2. The second kappa shape index (κ2) is 9.22. The Kier molecular flexibility index (Phi) is 7.00. The van der Waals surface area contributed by atoms with E-state index in [1.807, 2.05) is 0 Å². The third-order valence-electron chi connectivity index (χ3n) is 3.29. The van der Waals surface area contributed by atoms with Gasteiger partial charge in [-0.3, -0.25) is 10.1 Å². The van der Waals surface area contributed by atoms with Gasteiger partial charge in [-0.2, -0.15) is 0 Å². The van der Waals surface area contributed by atoms with Gasteiger partial charge in [0, 0.05) is 12.1 Å². The average Bonchev–Trinajstić information content (AvgIpc) is 2.62. The number of hydrogen-bond acceptors (Lipinski definition) is 4. The normalized spacial score (nSPS) is 11.3. The van der Waals surface area contributed by atoms with Gasteiger partial charge in [0.2, 0.25) is 6.10 Å². The Bertz CT molecular complexity index is 812. The van der Waals surface area contributed by atoms with Gasteiger partial charge >= 0.3 is 12.0 Å². The summed E-state index contributed by atoms with van der Waals surface area (Å²) in [5.74, 6) is -1.54. The van der Waals surface area contributed by atoms with Crippen LogP contribution in [0.5, 0.6) is 0 Å². The summed E-state index contributed by atoms with van der Waals surface area (Å²) in [5, 5.41) is 5.05. The van der Waals surface area contributed by atoms with E-state index in [4.69, 9.17) is 27.9 Å². The highest BCUT2D eigenvalue weighted by atomic mass is 35.5. The maximum absolute atomic E-state index is 12.4. The Morgan fingerprint density at radius 1 is 1.04 bits per heavy atom. The van der Waals surface area contributed by atoms with Gasteiger partial charge in [0.1, 0.15) is 0 Å². The third kappa shape index (κ3) is 5.21. The Morgan fingerprint density at radius 2 is 1.73 bits per heavy atom. The largest absolute Gasteiger partial charge is 0.444 e. The van der Waals surface area contributed by atoms with Gasteiger partial charge in [-0.1, -0.05) is 53.5 Å². The molecule has 1 atom stereocenters. The minimum absolute atomic E-state index is 0.131. The van der Waals surface area contributed by atoms with Gasteiger partial charge in [-0.15, -0.1) is 0 Å². The summed E-state index contributed by atoms with van der Waals surface area (Å²) < 4.78 is 5.33. The average molecular weight is 395 g/mol. The molecule has 0 aliphatic heterocycles. The van der Waals surface area contributed by atoms with Crippen molar-refractivity contribution in [1.82, 2.24) is 10.6 Å².